The average Bonchev–Trinajstić information content (AvgIpc) is 3.09. The molecule has 0 spiro atoms. The van der Waals surface area contributed by atoms with Gasteiger partial charge in [-0.15, -0.1) is 10.2 Å². The molecule has 2 heterocycles. The summed E-state index contributed by atoms with van der Waals surface area (Å²) in [4.78, 5) is 14.8. The molecule has 0 bridgehead atoms. The van der Waals surface area contributed by atoms with E-state index in [1.807, 2.05) is 44.2 Å². The van der Waals surface area contributed by atoms with E-state index in [0.29, 0.717) is 6.54 Å². The van der Waals surface area contributed by atoms with Crippen molar-refractivity contribution >= 4 is 21.6 Å². The van der Waals surface area contributed by atoms with Crippen LogP contribution in [-0.4, -0.2) is 64.7 Å². The number of nitrogens with one attached hydrogen (secondary N) is 1. The fraction of sp³-hybridized carbons (Fsp3) is 0.385. The highest BCUT2D eigenvalue weighted by Gasteiger charge is 2.22. The van der Waals surface area contributed by atoms with Crippen LogP contribution in [0.1, 0.15) is 36.6 Å². The van der Waals surface area contributed by atoms with E-state index in [-0.39, 0.29) is 5.91 Å². The van der Waals surface area contributed by atoms with Gasteiger partial charge >= 0.3 is 0 Å². The van der Waals surface area contributed by atoms with E-state index in [0.717, 1.165) is 58.2 Å². The number of aryl methyl sites for hydroxylation is 1. The number of methoxy groups -OCH3 is 1. The molecule has 1 amide bonds. The molecule has 0 atom stereocenters. The SMILES string of the molecule is CCNC(C)=O.COc1ccc2c(c1)C(c1ccc(OCS(C)(C)C)cc1)=NCc1nnc(C)n1-2. The third-order valence-electron chi connectivity index (χ3n) is 5.10. The Morgan fingerprint density at radius 3 is 2.34 bits per heavy atom. The van der Waals surface area contributed by atoms with E-state index >= 15 is 0 Å². The van der Waals surface area contributed by atoms with Gasteiger partial charge in [-0.2, -0.15) is 0 Å². The van der Waals surface area contributed by atoms with Crippen LogP contribution < -0.4 is 14.8 Å². The monoisotopic (exact) mass is 497 g/mol. The summed E-state index contributed by atoms with van der Waals surface area (Å²) in [5.41, 5.74) is 3.96. The number of nitrogens with zero attached hydrogens (tertiary/aromatic N) is 4. The maximum Gasteiger partial charge on any atom is 0.216 e. The van der Waals surface area contributed by atoms with Gasteiger partial charge < -0.3 is 14.8 Å². The Kier molecular flexibility index (Phi) is 8.56. The third kappa shape index (κ3) is 6.85. The highest BCUT2D eigenvalue weighted by molar-refractivity contribution is 8.32. The van der Waals surface area contributed by atoms with Gasteiger partial charge in [-0.05, 0) is 75.1 Å². The lowest BCUT2D eigenvalue weighted by atomic mass is 10.00. The normalized spacial score (nSPS) is 12.7. The number of hydrogen-bond acceptors (Lipinski definition) is 6. The summed E-state index contributed by atoms with van der Waals surface area (Å²) < 4.78 is 13.5. The largest absolute Gasteiger partial charge is 0.497 e. The molecule has 8 nitrogen and oxygen atoms in total. The van der Waals surface area contributed by atoms with Crippen LogP contribution in [0.15, 0.2) is 47.5 Å². The molecular weight excluding hydrogens is 462 g/mol. The Morgan fingerprint density at radius 1 is 1.09 bits per heavy atom. The smallest absolute Gasteiger partial charge is 0.216 e. The zero-order valence-electron chi connectivity index (χ0n) is 21.6. The summed E-state index contributed by atoms with van der Waals surface area (Å²) in [5, 5.41) is 11.1. The minimum absolute atomic E-state index is 0.0394. The maximum atomic E-state index is 9.93. The number of ether oxygens (including phenoxy) is 2. The molecule has 1 N–H and O–H groups in total. The molecule has 35 heavy (non-hydrogen) atoms. The number of amides is 1. The molecule has 0 fully saturated rings. The summed E-state index contributed by atoms with van der Waals surface area (Å²) in [6.07, 6.45) is 6.73. The summed E-state index contributed by atoms with van der Waals surface area (Å²) >= 11 is 0. The van der Waals surface area contributed by atoms with Gasteiger partial charge in [0.1, 0.15) is 29.8 Å². The number of benzene rings is 2. The Balaban J connectivity index is 0.000000509. The molecule has 0 saturated heterocycles. The zero-order chi connectivity index (χ0) is 25.6. The van der Waals surface area contributed by atoms with Gasteiger partial charge in [-0.3, -0.25) is 14.4 Å². The van der Waals surface area contributed by atoms with Crippen molar-refractivity contribution in [2.75, 3.05) is 38.4 Å². The van der Waals surface area contributed by atoms with Crippen molar-refractivity contribution in [3.05, 3.63) is 65.2 Å². The third-order valence-corrected chi connectivity index (χ3v) is 5.93. The second-order valence-electron chi connectivity index (χ2n) is 9.01. The zero-order valence-corrected chi connectivity index (χ0v) is 22.4. The lowest BCUT2D eigenvalue weighted by Crippen LogP contribution is -2.18. The van der Waals surface area contributed by atoms with Crippen LogP contribution in [0.3, 0.4) is 0 Å². The van der Waals surface area contributed by atoms with Crippen molar-refractivity contribution in [1.82, 2.24) is 20.1 Å². The van der Waals surface area contributed by atoms with Crippen LogP contribution in [-0.2, 0) is 11.3 Å². The van der Waals surface area contributed by atoms with Gasteiger partial charge in [0.05, 0.1) is 18.5 Å². The molecule has 1 aromatic heterocycles. The van der Waals surface area contributed by atoms with E-state index < -0.39 is 10.0 Å². The minimum atomic E-state index is -0.709. The first-order valence-corrected chi connectivity index (χ1v) is 14.4. The molecule has 0 saturated carbocycles. The fourth-order valence-corrected chi connectivity index (χ4v) is 4.02. The van der Waals surface area contributed by atoms with Gasteiger partial charge in [0, 0.05) is 24.6 Å². The molecule has 2 aromatic carbocycles. The average molecular weight is 498 g/mol. The van der Waals surface area contributed by atoms with Crippen LogP contribution in [0.5, 0.6) is 11.5 Å². The quantitative estimate of drug-likeness (QED) is 0.554. The number of aliphatic imine (C=N–C) groups is 1. The molecule has 9 heteroatoms. The van der Waals surface area contributed by atoms with E-state index in [1.165, 1.54) is 6.92 Å². The fourth-order valence-electron chi connectivity index (χ4n) is 3.53. The number of aromatic nitrogens is 3. The first-order valence-electron chi connectivity index (χ1n) is 11.4. The van der Waals surface area contributed by atoms with E-state index in [4.69, 9.17) is 14.5 Å². The molecule has 1 aliphatic heterocycles. The van der Waals surface area contributed by atoms with E-state index in [1.54, 1.807) is 7.11 Å². The second kappa shape index (κ2) is 11.4. The highest BCUT2D eigenvalue weighted by atomic mass is 32.3. The Bertz CT molecular complexity index is 1200. The molecule has 4 rings (SSSR count). The van der Waals surface area contributed by atoms with Crippen molar-refractivity contribution in [2.45, 2.75) is 27.3 Å². The summed E-state index contributed by atoms with van der Waals surface area (Å²) in [6, 6.07) is 14.2. The van der Waals surface area contributed by atoms with Crippen molar-refractivity contribution < 1.29 is 14.3 Å². The minimum Gasteiger partial charge on any atom is -0.497 e. The first kappa shape index (κ1) is 26.3. The highest BCUT2D eigenvalue weighted by Crippen LogP contribution is 2.35. The lowest BCUT2D eigenvalue weighted by molar-refractivity contribution is -0.118. The summed E-state index contributed by atoms with van der Waals surface area (Å²) in [6.45, 7) is 6.55. The predicted octanol–water partition coefficient (Wildman–Crippen LogP) is 4.11. The Hall–Kier alpha value is -3.33. The Morgan fingerprint density at radius 2 is 1.77 bits per heavy atom. The van der Waals surface area contributed by atoms with Gasteiger partial charge in [0.2, 0.25) is 5.91 Å². The van der Waals surface area contributed by atoms with Crippen molar-refractivity contribution in [2.24, 2.45) is 4.99 Å². The molecule has 1 aliphatic rings. The Labute approximate surface area is 209 Å². The van der Waals surface area contributed by atoms with Gasteiger partial charge in [-0.25, -0.2) is 10.0 Å². The van der Waals surface area contributed by atoms with Crippen LogP contribution in [0.2, 0.25) is 0 Å². The summed E-state index contributed by atoms with van der Waals surface area (Å²) in [5.74, 6) is 4.13. The number of carbonyl (C=O) groups excluding carboxylic acids is 1. The lowest BCUT2D eigenvalue weighted by Gasteiger charge is -2.25. The molecule has 0 aliphatic carbocycles. The van der Waals surface area contributed by atoms with Crippen LogP contribution in [0.25, 0.3) is 5.69 Å². The van der Waals surface area contributed by atoms with Crippen LogP contribution in [0, 0.1) is 6.92 Å². The topological polar surface area (TPSA) is 90.6 Å². The second-order valence-corrected chi connectivity index (χ2v) is 13.4. The number of fused-ring (bicyclic) bond motifs is 3. The number of rotatable bonds is 6. The molecule has 188 valence electrons. The van der Waals surface area contributed by atoms with Crippen molar-refractivity contribution in [3.63, 3.8) is 0 Å². The van der Waals surface area contributed by atoms with Gasteiger partial charge in [0.15, 0.2) is 5.82 Å². The van der Waals surface area contributed by atoms with E-state index in [2.05, 4.69) is 51.0 Å². The van der Waals surface area contributed by atoms with Crippen LogP contribution in [0.4, 0.5) is 0 Å². The standard InChI is InChI=1S/C22H26N4O2S.C4H9NO/c1-15-24-25-21-13-23-22(19-12-18(27-2)10-11-20(19)26(15)21)16-6-8-17(9-7-16)28-14-29(3,4)5;1-3-5-4(2)6/h6-12H,13-14H2,1-5H3;3H2,1-2H3,(H,5,6). The number of hydrogen-bond donors (Lipinski definition) is 1. The first-order chi connectivity index (χ1) is 16.6. The van der Waals surface area contributed by atoms with Crippen LogP contribution >= 0.6 is 10.0 Å². The van der Waals surface area contributed by atoms with Gasteiger partial charge in [-0.1, -0.05) is 0 Å². The van der Waals surface area contributed by atoms with Crippen molar-refractivity contribution in [1.29, 1.82) is 0 Å². The van der Waals surface area contributed by atoms with Gasteiger partial charge in [0.25, 0.3) is 0 Å². The molecular formula is C26H35N5O3S. The van der Waals surface area contributed by atoms with E-state index in [9.17, 15) is 4.79 Å². The molecule has 0 unspecified atom stereocenters. The van der Waals surface area contributed by atoms with Crippen molar-refractivity contribution in [3.8, 4) is 17.2 Å². The predicted molar refractivity (Wildman–Crippen MR) is 144 cm³/mol. The molecule has 3 aromatic rings. The number of carbonyl (C=O) groups is 1. The maximum absolute atomic E-state index is 9.93. The molecule has 0 radical (unpaired) electrons. The summed E-state index contributed by atoms with van der Waals surface area (Å²) in [7, 11) is 0.965.